The van der Waals surface area contributed by atoms with E-state index in [0.29, 0.717) is 51.3 Å². The third-order valence-electron chi connectivity index (χ3n) is 7.29. The number of hydrogen-bond donors (Lipinski definition) is 1. The van der Waals surface area contributed by atoms with Crippen molar-refractivity contribution in [3.8, 4) is 0 Å². The lowest BCUT2D eigenvalue weighted by Crippen LogP contribution is -2.46. The largest absolute Gasteiger partial charge is 0.342 e. The minimum Gasteiger partial charge on any atom is -0.342 e. The van der Waals surface area contributed by atoms with Gasteiger partial charge in [-0.2, -0.15) is 4.31 Å². The zero-order chi connectivity index (χ0) is 25.4. The van der Waals surface area contributed by atoms with E-state index in [4.69, 9.17) is 0 Å². The van der Waals surface area contributed by atoms with Gasteiger partial charge in [0.15, 0.2) is 0 Å². The molecule has 10 heteroatoms. The fourth-order valence-corrected chi connectivity index (χ4v) is 6.69. The second-order valence-corrected chi connectivity index (χ2v) is 12.7. The highest BCUT2D eigenvalue weighted by molar-refractivity contribution is 7.89. The maximum Gasteiger partial charge on any atom is 0.243 e. The maximum absolute atomic E-state index is 13.0. The molecule has 3 fully saturated rings. The van der Waals surface area contributed by atoms with Crippen molar-refractivity contribution in [3.05, 3.63) is 24.3 Å². The van der Waals surface area contributed by atoms with Crippen molar-refractivity contribution < 1.29 is 22.8 Å². The van der Waals surface area contributed by atoms with E-state index in [1.807, 2.05) is 20.8 Å². The van der Waals surface area contributed by atoms with Crippen molar-refractivity contribution >= 4 is 33.4 Å². The third kappa shape index (κ3) is 5.53. The summed E-state index contributed by atoms with van der Waals surface area (Å²) in [5.41, 5.74) is 0.258. The number of benzene rings is 1. The highest BCUT2D eigenvalue weighted by atomic mass is 32.2. The van der Waals surface area contributed by atoms with Crippen LogP contribution in [0.2, 0.25) is 0 Å². The Morgan fingerprint density at radius 1 is 0.943 bits per heavy atom. The van der Waals surface area contributed by atoms with Gasteiger partial charge in [-0.25, -0.2) is 8.42 Å². The van der Waals surface area contributed by atoms with Gasteiger partial charge in [-0.05, 0) is 70.7 Å². The van der Waals surface area contributed by atoms with Crippen LogP contribution in [-0.4, -0.2) is 78.5 Å². The molecule has 0 aliphatic carbocycles. The zero-order valence-electron chi connectivity index (χ0n) is 20.8. The number of carbonyl (C=O) groups excluding carboxylic acids is 3. The summed E-state index contributed by atoms with van der Waals surface area (Å²) in [4.78, 5) is 41.9. The lowest BCUT2D eigenvalue weighted by Gasteiger charge is -2.34. The van der Waals surface area contributed by atoms with E-state index in [-0.39, 0.29) is 46.4 Å². The zero-order valence-corrected chi connectivity index (χ0v) is 21.6. The summed E-state index contributed by atoms with van der Waals surface area (Å²) >= 11 is 0. The normalized spacial score (nSPS) is 22.6. The van der Waals surface area contributed by atoms with Crippen molar-refractivity contribution in [1.82, 2.24) is 14.1 Å². The van der Waals surface area contributed by atoms with Crippen LogP contribution in [0.25, 0.3) is 0 Å². The Morgan fingerprint density at radius 3 is 2.09 bits per heavy atom. The molecule has 1 atom stereocenters. The molecule has 1 aromatic carbocycles. The molecule has 1 N–H and O–H groups in total. The van der Waals surface area contributed by atoms with E-state index in [0.717, 1.165) is 12.8 Å². The SMILES string of the molecule is CC(C)(C)N1CC(C(=O)N2CCC(C(=O)Nc3ccc(S(=O)(=O)N4CCCC4)cc3)CC2)CC1=O. The summed E-state index contributed by atoms with van der Waals surface area (Å²) in [6, 6.07) is 6.32. The lowest BCUT2D eigenvalue weighted by molar-refractivity contribution is -0.138. The van der Waals surface area contributed by atoms with Gasteiger partial charge < -0.3 is 15.1 Å². The van der Waals surface area contributed by atoms with E-state index in [9.17, 15) is 22.8 Å². The number of anilines is 1. The smallest absolute Gasteiger partial charge is 0.243 e. The first-order valence-electron chi connectivity index (χ1n) is 12.5. The van der Waals surface area contributed by atoms with Crippen LogP contribution in [0.4, 0.5) is 5.69 Å². The Labute approximate surface area is 207 Å². The molecule has 0 radical (unpaired) electrons. The summed E-state index contributed by atoms with van der Waals surface area (Å²) in [7, 11) is -3.48. The fourth-order valence-electron chi connectivity index (χ4n) is 5.17. The Bertz CT molecular complexity index is 1070. The predicted octanol–water partition coefficient (Wildman–Crippen LogP) is 2.30. The minimum absolute atomic E-state index is 0.00115. The number of nitrogens with one attached hydrogen (secondary N) is 1. The molecule has 0 saturated carbocycles. The molecule has 0 bridgehead atoms. The highest BCUT2D eigenvalue weighted by Gasteiger charge is 2.41. The van der Waals surface area contributed by atoms with E-state index in [2.05, 4.69) is 5.32 Å². The van der Waals surface area contributed by atoms with Gasteiger partial charge in [-0.1, -0.05) is 0 Å². The molecule has 1 aromatic rings. The third-order valence-corrected chi connectivity index (χ3v) is 9.20. The maximum atomic E-state index is 13.0. The summed E-state index contributed by atoms with van der Waals surface area (Å²) in [5.74, 6) is -0.642. The number of hydrogen-bond acceptors (Lipinski definition) is 5. The van der Waals surface area contributed by atoms with Gasteiger partial charge >= 0.3 is 0 Å². The second kappa shape index (κ2) is 9.89. The quantitative estimate of drug-likeness (QED) is 0.662. The van der Waals surface area contributed by atoms with Crippen LogP contribution in [0.3, 0.4) is 0 Å². The summed E-state index contributed by atoms with van der Waals surface area (Å²) in [6.07, 6.45) is 3.13. The van der Waals surface area contributed by atoms with Crippen LogP contribution in [0.1, 0.15) is 52.9 Å². The van der Waals surface area contributed by atoms with E-state index in [1.54, 1.807) is 21.9 Å². The number of likely N-dealkylation sites (tertiary alicyclic amines) is 2. The van der Waals surface area contributed by atoms with E-state index < -0.39 is 10.0 Å². The average Bonchev–Trinajstić information content (AvgIpc) is 3.49. The molecule has 0 spiro atoms. The summed E-state index contributed by atoms with van der Waals surface area (Å²) < 4.78 is 26.8. The van der Waals surface area contributed by atoms with Crippen molar-refractivity contribution in [3.63, 3.8) is 0 Å². The molecule has 3 aliphatic heterocycles. The molecule has 3 amide bonds. The van der Waals surface area contributed by atoms with Gasteiger partial charge in [0, 0.05) is 56.3 Å². The molecule has 35 heavy (non-hydrogen) atoms. The first-order chi connectivity index (χ1) is 16.5. The van der Waals surface area contributed by atoms with Crippen molar-refractivity contribution in [2.24, 2.45) is 11.8 Å². The van der Waals surface area contributed by atoms with Gasteiger partial charge in [0.25, 0.3) is 0 Å². The number of nitrogens with zero attached hydrogens (tertiary/aromatic N) is 3. The summed E-state index contributed by atoms with van der Waals surface area (Å²) in [5, 5.41) is 2.89. The molecule has 3 heterocycles. The Hall–Kier alpha value is -2.46. The molecule has 3 aliphatic rings. The van der Waals surface area contributed by atoms with Crippen LogP contribution in [0, 0.1) is 11.8 Å². The molecular formula is C25H36N4O5S. The Balaban J connectivity index is 1.28. The van der Waals surface area contributed by atoms with Crippen molar-refractivity contribution in [1.29, 1.82) is 0 Å². The monoisotopic (exact) mass is 504 g/mol. The average molecular weight is 505 g/mol. The van der Waals surface area contributed by atoms with Gasteiger partial charge in [0.05, 0.1) is 10.8 Å². The Morgan fingerprint density at radius 2 is 1.54 bits per heavy atom. The van der Waals surface area contributed by atoms with E-state index >= 15 is 0 Å². The molecule has 3 saturated heterocycles. The molecular weight excluding hydrogens is 468 g/mol. The van der Waals surface area contributed by atoms with Crippen molar-refractivity contribution in [2.75, 3.05) is 38.0 Å². The van der Waals surface area contributed by atoms with Crippen LogP contribution in [0.15, 0.2) is 29.2 Å². The molecule has 9 nitrogen and oxygen atoms in total. The Kier molecular flexibility index (Phi) is 7.24. The lowest BCUT2D eigenvalue weighted by atomic mass is 9.94. The van der Waals surface area contributed by atoms with Gasteiger partial charge in [-0.3, -0.25) is 14.4 Å². The standard InChI is InChI=1S/C25H36N4O5S/c1-25(2,3)29-17-19(16-22(29)30)24(32)27-14-10-18(11-15-27)23(31)26-20-6-8-21(9-7-20)35(33,34)28-12-4-5-13-28/h6-9,18-19H,4-5,10-17H2,1-3H3,(H,26,31). The number of sulfonamides is 1. The highest BCUT2D eigenvalue weighted by Crippen LogP contribution is 2.29. The van der Waals surface area contributed by atoms with E-state index in [1.165, 1.54) is 16.4 Å². The van der Waals surface area contributed by atoms with Crippen LogP contribution in [-0.2, 0) is 24.4 Å². The van der Waals surface area contributed by atoms with Crippen LogP contribution < -0.4 is 5.32 Å². The fraction of sp³-hybridized carbons (Fsp3) is 0.640. The number of carbonyl (C=O) groups is 3. The number of rotatable bonds is 5. The predicted molar refractivity (Wildman–Crippen MR) is 132 cm³/mol. The molecule has 0 aromatic heterocycles. The number of amides is 3. The number of piperidine rings is 1. The molecule has 4 rings (SSSR count). The van der Waals surface area contributed by atoms with Crippen LogP contribution in [0.5, 0.6) is 0 Å². The van der Waals surface area contributed by atoms with Crippen molar-refractivity contribution in [2.45, 2.75) is 63.3 Å². The van der Waals surface area contributed by atoms with Crippen LogP contribution >= 0.6 is 0 Å². The first kappa shape index (κ1) is 25.6. The summed E-state index contributed by atoms with van der Waals surface area (Å²) in [6.45, 7) is 8.45. The van der Waals surface area contributed by atoms with Gasteiger partial charge in [0.1, 0.15) is 0 Å². The van der Waals surface area contributed by atoms with Gasteiger partial charge in [0.2, 0.25) is 27.7 Å². The minimum atomic E-state index is -3.48. The topological polar surface area (TPSA) is 107 Å². The van der Waals surface area contributed by atoms with Gasteiger partial charge in [-0.15, -0.1) is 0 Å². The molecule has 1 unspecified atom stereocenters. The first-order valence-corrected chi connectivity index (χ1v) is 13.9. The second-order valence-electron chi connectivity index (χ2n) is 10.8. The molecule has 192 valence electrons.